The number of hydrogen-bond donors (Lipinski definition) is 2. The van der Waals surface area contributed by atoms with Gasteiger partial charge >= 0.3 is 0 Å². The van der Waals surface area contributed by atoms with Crippen molar-refractivity contribution in [2.45, 2.75) is 73.6 Å². The summed E-state index contributed by atoms with van der Waals surface area (Å²) in [5.74, 6) is 1.22. The number of nitrogens with zero attached hydrogens (tertiary/aromatic N) is 4. The zero-order valence-corrected chi connectivity index (χ0v) is 23.7. The Hall–Kier alpha value is -0.530. The molecule has 33 heavy (non-hydrogen) atoms. The van der Waals surface area contributed by atoms with Crippen molar-refractivity contribution in [2.24, 2.45) is 5.41 Å². The van der Waals surface area contributed by atoms with Crippen LogP contribution >= 0.6 is 46.0 Å². The van der Waals surface area contributed by atoms with Crippen LogP contribution in [-0.2, 0) is 11.4 Å². The van der Waals surface area contributed by atoms with Crippen molar-refractivity contribution in [1.82, 2.24) is 19.7 Å². The van der Waals surface area contributed by atoms with E-state index in [9.17, 15) is 4.55 Å². The predicted octanol–water partition coefficient (Wildman–Crippen LogP) is 5.05. The van der Waals surface area contributed by atoms with Gasteiger partial charge in [-0.15, -0.1) is 4.72 Å². The number of nitrogen functional groups attached to an aromatic ring is 1. The minimum absolute atomic E-state index is 0.228. The summed E-state index contributed by atoms with van der Waals surface area (Å²) in [6.45, 7) is 7.95. The van der Waals surface area contributed by atoms with Gasteiger partial charge in [0, 0.05) is 35.5 Å². The van der Waals surface area contributed by atoms with E-state index in [0.29, 0.717) is 16.9 Å². The summed E-state index contributed by atoms with van der Waals surface area (Å²) in [6.07, 6.45) is 9.15. The zero-order valence-electron chi connectivity index (χ0n) is 19.1. The zero-order chi connectivity index (χ0) is 23.8. The molecule has 2 aromatic rings. The number of rotatable bonds is 5. The van der Waals surface area contributed by atoms with Crippen molar-refractivity contribution in [3.8, 4) is 0 Å². The Labute approximate surface area is 221 Å². The van der Waals surface area contributed by atoms with E-state index < -0.39 is 11.4 Å². The minimum atomic E-state index is -1.04. The monoisotopic (exact) mass is 620 g/mol. The molecule has 1 aliphatic carbocycles. The second-order valence-corrected chi connectivity index (χ2v) is 14.2. The van der Waals surface area contributed by atoms with Crippen molar-refractivity contribution >= 4 is 69.0 Å². The lowest BCUT2D eigenvalue weighted by Gasteiger charge is -2.44. The molecule has 1 saturated carbocycles. The maximum Gasteiger partial charge on any atom is 0.148 e. The van der Waals surface area contributed by atoms with Gasteiger partial charge in [-0.2, -0.15) is 0 Å². The van der Waals surface area contributed by atoms with Gasteiger partial charge in [-0.3, -0.25) is 0 Å². The number of nitrogens with two attached hydrogens (primary N) is 1. The Bertz CT molecular complexity index is 999. The smallest absolute Gasteiger partial charge is 0.148 e. The van der Waals surface area contributed by atoms with E-state index in [4.69, 9.17) is 22.3 Å². The van der Waals surface area contributed by atoms with Crippen molar-refractivity contribution in [2.75, 3.05) is 23.7 Å². The van der Waals surface area contributed by atoms with Gasteiger partial charge in [0.2, 0.25) is 0 Å². The van der Waals surface area contributed by atoms with Crippen LogP contribution in [0, 0.1) is 9.12 Å². The van der Waals surface area contributed by atoms with Crippen molar-refractivity contribution < 1.29 is 4.55 Å². The van der Waals surface area contributed by atoms with Gasteiger partial charge in [-0.1, -0.05) is 29.8 Å². The lowest BCUT2D eigenvalue weighted by Crippen LogP contribution is -2.53. The molecule has 2 aliphatic rings. The fourth-order valence-corrected chi connectivity index (χ4v) is 7.29. The molecule has 180 valence electrons. The molecule has 1 aliphatic heterocycles. The van der Waals surface area contributed by atoms with Gasteiger partial charge < -0.3 is 15.2 Å². The fraction of sp³-hybridized carbons (Fsp3) is 0.591. The van der Waals surface area contributed by atoms with Gasteiger partial charge in [-0.05, 0) is 80.5 Å². The minimum Gasteiger partial charge on any atom is -0.598 e. The molecule has 0 radical (unpaired) electrons. The maximum absolute atomic E-state index is 12.7. The van der Waals surface area contributed by atoms with E-state index in [-0.39, 0.29) is 10.2 Å². The summed E-state index contributed by atoms with van der Waals surface area (Å²) in [5, 5.41) is 1.24. The average molecular weight is 621 g/mol. The highest BCUT2D eigenvalue weighted by Crippen LogP contribution is 2.47. The van der Waals surface area contributed by atoms with Crippen molar-refractivity contribution in [1.29, 1.82) is 0 Å². The summed E-state index contributed by atoms with van der Waals surface area (Å²) in [4.78, 5) is 16.6. The molecular weight excluding hydrogens is 591 g/mol. The first-order valence-electron chi connectivity index (χ1n) is 11.1. The predicted molar refractivity (Wildman–Crippen MR) is 145 cm³/mol. The normalized spacial score (nSPS) is 21.5. The quantitative estimate of drug-likeness (QED) is 0.354. The van der Waals surface area contributed by atoms with E-state index in [2.05, 4.69) is 42.2 Å². The molecule has 2 fully saturated rings. The van der Waals surface area contributed by atoms with E-state index in [1.165, 1.54) is 24.6 Å². The summed E-state index contributed by atoms with van der Waals surface area (Å²) >= 11 is 8.92. The van der Waals surface area contributed by atoms with E-state index in [1.54, 1.807) is 6.20 Å². The van der Waals surface area contributed by atoms with Crippen LogP contribution in [0.15, 0.2) is 28.4 Å². The molecule has 0 bridgehead atoms. The third kappa shape index (κ3) is 5.66. The Kier molecular flexibility index (Phi) is 7.92. The van der Waals surface area contributed by atoms with Crippen LogP contribution in [0.3, 0.4) is 0 Å². The molecule has 1 spiro atoms. The van der Waals surface area contributed by atoms with E-state index in [0.717, 1.165) is 51.8 Å². The van der Waals surface area contributed by atoms with Crippen LogP contribution < -0.4 is 15.4 Å². The summed E-state index contributed by atoms with van der Waals surface area (Å²) in [5.41, 5.74) is 6.05. The summed E-state index contributed by atoms with van der Waals surface area (Å²) in [6, 6.07) is 2.15. The SMILES string of the molecule is CC(C)(C)[S@@+]([O-])N[C@@H]1CCCC12CCN(c1cnc(Sc3ccnc(N)c3Cl)c(I)n1)CC2. The molecule has 1 saturated heterocycles. The van der Waals surface area contributed by atoms with Gasteiger partial charge in [0.15, 0.2) is 0 Å². The molecule has 3 heterocycles. The number of anilines is 2. The largest absolute Gasteiger partial charge is 0.598 e. The van der Waals surface area contributed by atoms with Crippen LogP contribution in [0.2, 0.25) is 5.02 Å². The highest BCUT2D eigenvalue weighted by Gasteiger charge is 2.47. The van der Waals surface area contributed by atoms with Crippen LogP contribution in [0.1, 0.15) is 52.9 Å². The van der Waals surface area contributed by atoms with Crippen LogP contribution in [0.5, 0.6) is 0 Å². The molecule has 0 amide bonds. The molecule has 7 nitrogen and oxygen atoms in total. The maximum atomic E-state index is 12.7. The van der Waals surface area contributed by atoms with Crippen molar-refractivity contribution in [3.05, 3.63) is 27.2 Å². The van der Waals surface area contributed by atoms with E-state index >= 15 is 0 Å². The third-order valence-electron chi connectivity index (χ3n) is 6.57. The van der Waals surface area contributed by atoms with Crippen LogP contribution in [0.4, 0.5) is 11.6 Å². The summed E-state index contributed by atoms with van der Waals surface area (Å²) in [7, 11) is 0. The first-order valence-corrected chi connectivity index (χ1v) is 14.5. The molecule has 2 aromatic heterocycles. The van der Waals surface area contributed by atoms with Crippen LogP contribution in [-0.4, -0.2) is 43.4 Å². The lowest BCUT2D eigenvalue weighted by atomic mass is 9.74. The second-order valence-electron chi connectivity index (χ2n) is 9.73. The molecule has 4 rings (SSSR count). The number of nitrogens with one attached hydrogen (secondary N) is 1. The average Bonchev–Trinajstić information content (AvgIpc) is 3.14. The standard InChI is InChI=1S/C22H30ClIN6OS2/c1-21(2,3)33(31)29-15-5-4-7-22(15)8-11-30(12-9-22)16-13-27-20(18(24)28-16)32-14-6-10-26-19(25)17(14)23/h6,10,13,15,29H,4-5,7-9,11-12H2,1-3H3,(H2,25,26)/t15-,33-/m1/s1. The number of halogens is 2. The van der Waals surface area contributed by atoms with Crippen LogP contribution in [0.25, 0.3) is 0 Å². The number of pyridine rings is 1. The highest BCUT2D eigenvalue weighted by molar-refractivity contribution is 14.1. The Morgan fingerprint density at radius 1 is 1.30 bits per heavy atom. The molecule has 3 N–H and O–H groups in total. The van der Waals surface area contributed by atoms with Gasteiger partial charge in [0.05, 0.1) is 17.3 Å². The lowest BCUT2D eigenvalue weighted by molar-refractivity contribution is 0.186. The summed E-state index contributed by atoms with van der Waals surface area (Å²) < 4.78 is 16.8. The number of piperidine rings is 1. The number of hydrogen-bond acceptors (Lipinski definition) is 8. The first-order chi connectivity index (χ1) is 15.6. The van der Waals surface area contributed by atoms with Gasteiger partial charge in [0.25, 0.3) is 0 Å². The third-order valence-corrected chi connectivity index (χ3v) is 10.9. The Morgan fingerprint density at radius 2 is 2.03 bits per heavy atom. The highest BCUT2D eigenvalue weighted by atomic mass is 127. The molecular formula is C22H30ClIN6OS2. The van der Waals surface area contributed by atoms with Gasteiger partial charge in [0.1, 0.15) is 25.1 Å². The Balaban J connectivity index is 1.41. The number of aromatic nitrogens is 3. The first kappa shape index (κ1) is 25.6. The second kappa shape index (κ2) is 10.2. The fourth-order valence-electron chi connectivity index (χ4n) is 4.60. The van der Waals surface area contributed by atoms with Gasteiger partial charge in [-0.25, -0.2) is 15.0 Å². The van der Waals surface area contributed by atoms with Crippen molar-refractivity contribution in [3.63, 3.8) is 0 Å². The van der Waals surface area contributed by atoms with E-state index in [1.807, 2.05) is 33.0 Å². The molecule has 2 atom stereocenters. The topological polar surface area (TPSA) is 103 Å². The molecule has 0 unspecified atom stereocenters. The molecule has 0 aromatic carbocycles. The molecule has 11 heteroatoms. The Morgan fingerprint density at radius 3 is 2.70 bits per heavy atom.